The van der Waals surface area contributed by atoms with Gasteiger partial charge in [-0.1, -0.05) is 24.3 Å². The minimum Gasteiger partial charge on any atom is -0.326 e. The van der Waals surface area contributed by atoms with E-state index in [0.717, 1.165) is 16.8 Å². The lowest BCUT2D eigenvalue weighted by molar-refractivity contribution is -0.117. The standard InChI is InChI=1S/C17H17N3O/c1-20(16-8-6-13(11-18)7-9-16)17(21)10-14-4-2-3-5-15(14)12-19/h2-9H,10,12,19H2,1H3. The van der Waals surface area contributed by atoms with Gasteiger partial charge in [-0.05, 0) is 35.4 Å². The van der Waals surface area contributed by atoms with Gasteiger partial charge < -0.3 is 10.6 Å². The zero-order chi connectivity index (χ0) is 15.2. The molecule has 4 nitrogen and oxygen atoms in total. The maximum Gasteiger partial charge on any atom is 0.231 e. The topological polar surface area (TPSA) is 70.1 Å². The van der Waals surface area contributed by atoms with Gasteiger partial charge in [-0.25, -0.2) is 0 Å². The summed E-state index contributed by atoms with van der Waals surface area (Å²) in [6.07, 6.45) is 0.309. The highest BCUT2D eigenvalue weighted by molar-refractivity contribution is 5.94. The number of hydrogen-bond donors (Lipinski definition) is 1. The van der Waals surface area contributed by atoms with Gasteiger partial charge in [0.15, 0.2) is 0 Å². The molecule has 0 unspecified atom stereocenters. The van der Waals surface area contributed by atoms with Crippen molar-refractivity contribution in [3.8, 4) is 6.07 Å². The van der Waals surface area contributed by atoms with Crippen molar-refractivity contribution in [2.75, 3.05) is 11.9 Å². The van der Waals surface area contributed by atoms with Crippen molar-refractivity contribution in [3.63, 3.8) is 0 Å². The molecule has 0 bridgehead atoms. The summed E-state index contributed by atoms with van der Waals surface area (Å²) in [6.45, 7) is 0.421. The Balaban J connectivity index is 2.14. The Bertz CT molecular complexity index is 671. The zero-order valence-electron chi connectivity index (χ0n) is 11.9. The van der Waals surface area contributed by atoms with E-state index >= 15 is 0 Å². The van der Waals surface area contributed by atoms with E-state index in [9.17, 15) is 4.79 Å². The molecule has 21 heavy (non-hydrogen) atoms. The number of benzene rings is 2. The summed E-state index contributed by atoms with van der Waals surface area (Å²) < 4.78 is 0. The smallest absolute Gasteiger partial charge is 0.231 e. The number of likely N-dealkylation sites (N-methyl/N-ethyl adjacent to an activating group) is 1. The van der Waals surface area contributed by atoms with Crippen LogP contribution in [-0.2, 0) is 17.8 Å². The quantitative estimate of drug-likeness (QED) is 0.933. The van der Waals surface area contributed by atoms with Crippen molar-refractivity contribution in [3.05, 3.63) is 65.2 Å². The molecule has 0 radical (unpaired) electrons. The first kappa shape index (κ1) is 14.8. The fourth-order valence-corrected chi connectivity index (χ4v) is 2.11. The number of amides is 1. The molecule has 0 aliphatic carbocycles. The van der Waals surface area contributed by atoms with Crippen LogP contribution in [0.2, 0.25) is 0 Å². The lowest BCUT2D eigenvalue weighted by Gasteiger charge is -2.18. The van der Waals surface area contributed by atoms with Crippen LogP contribution in [-0.4, -0.2) is 13.0 Å². The Hall–Kier alpha value is -2.64. The molecule has 4 heteroatoms. The number of carbonyl (C=O) groups is 1. The highest BCUT2D eigenvalue weighted by Crippen LogP contribution is 2.16. The first-order valence-electron chi connectivity index (χ1n) is 6.69. The second-order valence-corrected chi connectivity index (χ2v) is 4.76. The molecule has 0 aromatic heterocycles. The van der Waals surface area contributed by atoms with E-state index in [1.165, 1.54) is 0 Å². The van der Waals surface area contributed by atoms with E-state index in [-0.39, 0.29) is 5.91 Å². The molecule has 2 aromatic carbocycles. The maximum absolute atomic E-state index is 12.4. The second-order valence-electron chi connectivity index (χ2n) is 4.76. The van der Waals surface area contributed by atoms with Gasteiger partial charge >= 0.3 is 0 Å². The first-order valence-corrected chi connectivity index (χ1v) is 6.69. The molecule has 2 aromatic rings. The molecular formula is C17H17N3O. The van der Waals surface area contributed by atoms with Gasteiger partial charge in [0.05, 0.1) is 18.1 Å². The summed E-state index contributed by atoms with van der Waals surface area (Å²) in [5.41, 5.74) is 8.97. The number of anilines is 1. The van der Waals surface area contributed by atoms with Crippen molar-refractivity contribution in [2.24, 2.45) is 5.73 Å². The number of nitrogens with zero attached hydrogens (tertiary/aromatic N) is 2. The van der Waals surface area contributed by atoms with Crippen LogP contribution in [0.5, 0.6) is 0 Å². The summed E-state index contributed by atoms with van der Waals surface area (Å²) in [6, 6.07) is 16.7. The average Bonchev–Trinajstić information content (AvgIpc) is 2.54. The number of rotatable bonds is 4. The zero-order valence-corrected chi connectivity index (χ0v) is 11.9. The van der Waals surface area contributed by atoms with E-state index < -0.39 is 0 Å². The first-order chi connectivity index (χ1) is 10.2. The lowest BCUT2D eigenvalue weighted by atomic mass is 10.0. The Morgan fingerprint density at radius 1 is 1.14 bits per heavy atom. The van der Waals surface area contributed by atoms with Gasteiger partial charge in [-0.2, -0.15) is 5.26 Å². The van der Waals surface area contributed by atoms with E-state index in [0.29, 0.717) is 18.5 Å². The van der Waals surface area contributed by atoms with E-state index in [1.54, 1.807) is 36.2 Å². The van der Waals surface area contributed by atoms with Crippen molar-refractivity contribution in [2.45, 2.75) is 13.0 Å². The largest absolute Gasteiger partial charge is 0.326 e. The summed E-state index contributed by atoms with van der Waals surface area (Å²) in [5, 5.41) is 8.79. The van der Waals surface area contributed by atoms with E-state index in [4.69, 9.17) is 11.0 Å². The van der Waals surface area contributed by atoms with Crippen LogP contribution in [0.4, 0.5) is 5.69 Å². The van der Waals surface area contributed by atoms with Crippen LogP contribution >= 0.6 is 0 Å². The van der Waals surface area contributed by atoms with Gasteiger partial charge in [0, 0.05) is 19.3 Å². The van der Waals surface area contributed by atoms with Crippen molar-refractivity contribution >= 4 is 11.6 Å². The lowest BCUT2D eigenvalue weighted by Crippen LogP contribution is -2.28. The highest BCUT2D eigenvalue weighted by atomic mass is 16.2. The Kier molecular flexibility index (Phi) is 4.70. The molecule has 106 valence electrons. The van der Waals surface area contributed by atoms with E-state index in [2.05, 4.69) is 6.07 Å². The predicted molar refractivity (Wildman–Crippen MR) is 82.6 cm³/mol. The number of nitrogens with two attached hydrogens (primary N) is 1. The molecule has 2 N–H and O–H groups in total. The summed E-state index contributed by atoms with van der Waals surface area (Å²) in [4.78, 5) is 13.9. The number of nitriles is 1. The summed E-state index contributed by atoms with van der Waals surface area (Å²) in [5.74, 6) is -0.0133. The Labute approximate surface area is 124 Å². The molecule has 0 saturated carbocycles. The summed E-state index contributed by atoms with van der Waals surface area (Å²) in [7, 11) is 1.73. The van der Waals surface area contributed by atoms with Crippen LogP contribution < -0.4 is 10.6 Å². The van der Waals surface area contributed by atoms with Gasteiger partial charge in [0.25, 0.3) is 0 Å². The van der Waals surface area contributed by atoms with Gasteiger partial charge in [0.2, 0.25) is 5.91 Å². The van der Waals surface area contributed by atoms with E-state index in [1.807, 2.05) is 24.3 Å². The normalized spacial score (nSPS) is 9.95. The van der Waals surface area contributed by atoms with Gasteiger partial charge in [-0.15, -0.1) is 0 Å². The fraction of sp³-hybridized carbons (Fsp3) is 0.176. The molecule has 0 heterocycles. The molecule has 2 rings (SSSR count). The monoisotopic (exact) mass is 279 g/mol. The molecule has 0 aliphatic heterocycles. The molecule has 0 saturated heterocycles. The second kappa shape index (κ2) is 6.69. The third kappa shape index (κ3) is 3.47. The van der Waals surface area contributed by atoms with Crippen LogP contribution in [0.25, 0.3) is 0 Å². The average molecular weight is 279 g/mol. The molecule has 1 amide bonds. The van der Waals surface area contributed by atoms with Crippen LogP contribution in [0, 0.1) is 11.3 Å². The fourth-order valence-electron chi connectivity index (χ4n) is 2.11. The van der Waals surface area contributed by atoms with Crippen LogP contribution in [0.15, 0.2) is 48.5 Å². The molecule has 0 spiro atoms. The summed E-state index contributed by atoms with van der Waals surface area (Å²) >= 11 is 0. The van der Waals surface area contributed by atoms with Crippen LogP contribution in [0.1, 0.15) is 16.7 Å². The van der Waals surface area contributed by atoms with Crippen molar-refractivity contribution < 1.29 is 4.79 Å². The Morgan fingerprint density at radius 2 is 1.76 bits per heavy atom. The third-order valence-corrected chi connectivity index (χ3v) is 3.44. The molecule has 0 aliphatic rings. The molecule has 0 fully saturated rings. The number of hydrogen-bond acceptors (Lipinski definition) is 3. The SMILES string of the molecule is CN(C(=O)Cc1ccccc1CN)c1ccc(C#N)cc1. The van der Waals surface area contributed by atoms with Crippen molar-refractivity contribution in [1.29, 1.82) is 5.26 Å². The van der Waals surface area contributed by atoms with Crippen molar-refractivity contribution in [1.82, 2.24) is 0 Å². The maximum atomic E-state index is 12.4. The minimum atomic E-state index is -0.0133. The van der Waals surface area contributed by atoms with Gasteiger partial charge in [0.1, 0.15) is 0 Å². The highest BCUT2D eigenvalue weighted by Gasteiger charge is 2.13. The Morgan fingerprint density at radius 3 is 2.33 bits per heavy atom. The van der Waals surface area contributed by atoms with Crippen LogP contribution in [0.3, 0.4) is 0 Å². The predicted octanol–water partition coefficient (Wildman–Crippen LogP) is 2.22. The third-order valence-electron chi connectivity index (χ3n) is 3.44. The minimum absolute atomic E-state index is 0.0133. The number of carbonyl (C=O) groups excluding carboxylic acids is 1. The van der Waals surface area contributed by atoms with Gasteiger partial charge in [-0.3, -0.25) is 4.79 Å². The molecular weight excluding hydrogens is 262 g/mol. The molecule has 0 atom stereocenters.